The summed E-state index contributed by atoms with van der Waals surface area (Å²) in [7, 11) is 0. The van der Waals surface area contributed by atoms with Crippen LogP contribution in [0, 0.1) is 0 Å². The molecule has 0 aromatic heterocycles. The van der Waals surface area contributed by atoms with E-state index in [1.165, 1.54) is 18.2 Å². The maximum atomic E-state index is 12.7. The van der Waals surface area contributed by atoms with Crippen molar-refractivity contribution in [1.29, 1.82) is 0 Å². The van der Waals surface area contributed by atoms with Crippen molar-refractivity contribution in [1.82, 2.24) is 9.80 Å². The van der Waals surface area contributed by atoms with Crippen LogP contribution in [0.25, 0.3) is 0 Å². The van der Waals surface area contributed by atoms with Gasteiger partial charge in [-0.2, -0.15) is 0 Å². The summed E-state index contributed by atoms with van der Waals surface area (Å²) in [5.74, 6) is -3.48. The lowest BCUT2D eigenvalue weighted by Gasteiger charge is -2.33. The Labute approximate surface area is 147 Å². The Bertz CT molecular complexity index is 836. The van der Waals surface area contributed by atoms with Gasteiger partial charge in [-0.3, -0.25) is 28.9 Å². The molecule has 1 unspecified atom stereocenters. The summed E-state index contributed by atoms with van der Waals surface area (Å²) in [6.07, 6.45) is -0.0934. The second kappa shape index (κ2) is 6.56. The van der Waals surface area contributed by atoms with E-state index in [4.69, 9.17) is 16.2 Å². The lowest BCUT2D eigenvalue weighted by atomic mass is 10.0. The molecule has 1 aromatic carbocycles. The Balaban J connectivity index is 1.86. The first-order chi connectivity index (χ1) is 12.4. The largest absolute Gasteiger partial charge is 0.443 e. The summed E-state index contributed by atoms with van der Waals surface area (Å²) in [5.41, 5.74) is 11.2. The van der Waals surface area contributed by atoms with Crippen LogP contribution >= 0.6 is 0 Å². The molecule has 0 saturated carbocycles. The highest BCUT2D eigenvalue weighted by molar-refractivity contribution is 6.25. The van der Waals surface area contributed by atoms with Gasteiger partial charge in [-0.25, -0.2) is 4.90 Å². The number of nitrogens with two attached hydrogens (primary N) is 2. The smallest absolute Gasteiger partial charge is 0.321 e. The molecule has 0 aliphatic carbocycles. The molecule has 3 rings (SSSR count). The molecule has 1 aromatic rings. The first-order valence-corrected chi connectivity index (χ1v) is 7.83. The molecule has 1 atom stereocenters. The average Bonchev–Trinajstić information content (AvgIpc) is 2.87. The molecular weight excluding hydrogens is 344 g/mol. The number of anilines is 1. The number of likely N-dealkylation sites (tertiary alicyclic amines) is 1. The molecule has 4 amide bonds. The number of hydrogen-bond donors (Lipinski definition) is 2. The molecule has 10 nitrogen and oxygen atoms in total. The normalized spacial score (nSPS) is 19.8. The number of fused-ring (bicyclic) bond motifs is 1. The summed E-state index contributed by atoms with van der Waals surface area (Å²) in [6, 6.07) is 3.30. The fourth-order valence-corrected chi connectivity index (χ4v) is 3.00. The van der Waals surface area contributed by atoms with Gasteiger partial charge in [0.1, 0.15) is 6.04 Å². The third kappa shape index (κ3) is 2.69. The van der Waals surface area contributed by atoms with Gasteiger partial charge in [0.05, 0.1) is 17.7 Å². The van der Waals surface area contributed by atoms with Crippen LogP contribution in [0.2, 0.25) is 0 Å². The molecule has 0 spiro atoms. The Morgan fingerprint density at radius 1 is 1.19 bits per heavy atom. The Hall–Kier alpha value is -3.27. The number of piperidine rings is 1. The number of benzene rings is 1. The van der Waals surface area contributed by atoms with E-state index in [-0.39, 0.29) is 29.7 Å². The molecular formula is C16H16N4O6. The molecule has 2 heterocycles. The standard InChI is InChI=1S/C16H16N4O6/c17-6-12(22)26-7-19-11(21)5-4-10(15(19)24)20-14(23)8-2-1-3-9(18)13(8)16(20)25/h1-3,10H,4-7,17-18H2. The van der Waals surface area contributed by atoms with Crippen molar-refractivity contribution < 1.29 is 28.7 Å². The minimum absolute atomic E-state index is 0.00955. The number of hydrogen-bond acceptors (Lipinski definition) is 8. The molecule has 136 valence electrons. The van der Waals surface area contributed by atoms with Crippen molar-refractivity contribution in [2.24, 2.45) is 5.73 Å². The minimum Gasteiger partial charge on any atom is -0.443 e. The average molecular weight is 360 g/mol. The molecule has 4 N–H and O–H groups in total. The van der Waals surface area contributed by atoms with E-state index in [2.05, 4.69) is 0 Å². The maximum Gasteiger partial charge on any atom is 0.321 e. The zero-order valence-corrected chi connectivity index (χ0v) is 13.6. The van der Waals surface area contributed by atoms with E-state index in [0.717, 1.165) is 4.90 Å². The number of esters is 1. The number of amides is 4. The highest BCUT2D eigenvalue weighted by Crippen LogP contribution is 2.31. The zero-order chi connectivity index (χ0) is 19.0. The van der Waals surface area contributed by atoms with E-state index in [1.807, 2.05) is 0 Å². The van der Waals surface area contributed by atoms with E-state index < -0.39 is 48.9 Å². The number of nitrogens with zero attached hydrogens (tertiary/aromatic N) is 2. The molecule has 0 radical (unpaired) electrons. The van der Waals surface area contributed by atoms with Crippen molar-refractivity contribution in [2.45, 2.75) is 18.9 Å². The van der Waals surface area contributed by atoms with E-state index in [9.17, 15) is 24.0 Å². The van der Waals surface area contributed by atoms with Gasteiger partial charge in [0.15, 0.2) is 6.73 Å². The Morgan fingerprint density at radius 2 is 1.92 bits per heavy atom. The van der Waals surface area contributed by atoms with Crippen LogP contribution < -0.4 is 11.5 Å². The number of imide groups is 2. The monoisotopic (exact) mass is 360 g/mol. The van der Waals surface area contributed by atoms with Crippen molar-refractivity contribution in [3.05, 3.63) is 29.3 Å². The van der Waals surface area contributed by atoms with Gasteiger partial charge < -0.3 is 16.2 Å². The molecule has 0 bridgehead atoms. The number of rotatable bonds is 4. The van der Waals surface area contributed by atoms with E-state index in [1.54, 1.807) is 0 Å². The quantitative estimate of drug-likeness (QED) is 0.387. The van der Waals surface area contributed by atoms with Gasteiger partial charge in [-0.15, -0.1) is 0 Å². The first kappa shape index (κ1) is 17.5. The van der Waals surface area contributed by atoms with E-state index in [0.29, 0.717) is 4.90 Å². The van der Waals surface area contributed by atoms with Gasteiger partial charge in [0, 0.05) is 12.1 Å². The maximum absolute atomic E-state index is 12.7. The molecule has 2 aliphatic rings. The number of carbonyl (C=O) groups is 5. The van der Waals surface area contributed by atoms with Gasteiger partial charge in [-0.05, 0) is 18.6 Å². The summed E-state index contributed by atoms with van der Waals surface area (Å²) in [6.45, 7) is -1.02. The fraction of sp³-hybridized carbons (Fsp3) is 0.312. The highest BCUT2D eigenvalue weighted by Gasteiger charge is 2.47. The zero-order valence-electron chi connectivity index (χ0n) is 13.6. The summed E-state index contributed by atoms with van der Waals surface area (Å²) >= 11 is 0. The van der Waals surface area contributed by atoms with Crippen LogP contribution in [0.4, 0.5) is 5.69 Å². The Morgan fingerprint density at radius 3 is 2.58 bits per heavy atom. The van der Waals surface area contributed by atoms with Crippen LogP contribution in [-0.2, 0) is 19.1 Å². The number of ether oxygens (including phenoxy) is 1. The van der Waals surface area contributed by atoms with Crippen LogP contribution in [0.15, 0.2) is 18.2 Å². The van der Waals surface area contributed by atoms with Crippen LogP contribution in [-0.4, -0.2) is 58.7 Å². The predicted octanol–water partition coefficient (Wildman–Crippen LogP) is -1.16. The third-order valence-electron chi connectivity index (χ3n) is 4.30. The predicted molar refractivity (Wildman–Crippen MR) is 86.2 cm³/mol. The number of nitrogen functional groups attached to an aromatic ring is 1. The summed E-state index contributed by atoms with van der Waals surface area (Å²) < 4.78 is 4.73. The molecule has 26 heavy (non-hydrogen) atoms. The second-order valence-corrected chi connectivity index (χ2v) is 5.81. The summed E-state index contributed by atoms with van der Waals surface area (Å²) in [5, 5.41) is 0. The lowest BCUT2D eigenvalue weighted by molar-refractivity contribution is -0.163. The third-order valence-corrected chi connectivity index (χ3v) is 4.30. The van der Waals surface area contributed by atoms with Crippen molar-refractivity contribution >= 4 is 35.3 Å². The SMILES string of the molecule is NCC(=O)OCN1C(=O)CCC(N2C(=O)c3cccc(N)c3C2=O)C1=O. The fourth-order valence-electron chi connectivity index (χ4n) is 3.00. The van der Waals surface area contributed by atoms with Gasteiger partial charge in [-0.1, -0.05) is 6.07 Å². The topological polar surface area (TPSA) is 153 Å². The lowest BCUT2D eigenvalue weighted by Crippen LogP contribution is -2.56. The molecule has 1 fully saturated rings. The Kier molecular flexibility index (Phi) is 4.43. The van der Waals surface area contributed by atoms with Crippen LogP contribution in [0.5, 0.6) is 0 Å². The van der Waals surface area contributed by atoms with Crippen LogP contribution in [0.3, 0.4) is 0 Å². The minimum atomic E-state index is -1.17. The highest BCUT2D eigenvalue weighted by atomic mass is 16.5. The van der Waals surface area contributed by atoms with Crippen molar-refractivity contribution in [3.8, 4) is 0 Å². The van der Waals surface area contributed by atoms with Gasteiger partial charge >= 0.3 is 5.97 Å². The van der Waals surface area contributed by atoms with Gasteiger partial charge in [0.25, 0.3) is 17.7 Å². The van der Waals surface area contributed by atoms with Crippen molar-refractivity contribution in [3.63, 3.8) is 0 Å². The number of carbonyl (C=O) groups excluding carboxylic acids is 5. The van der Waals surface area contributed by atoms with Gasteiger partial charge in [0.2, 0.25) is 5.91 Å². The molecule has 1 saturated heterocycles. The second-order valence-electron chi connectivity index (χ2n) is 5.81. The van der Waals surface area contributed by atoms with Crippen molar-refractivity contribution in [2.75, 3.05) is 19.0 Å². The molecule has 10 heteroatoms. The first-order valence-electron chi connectivity index (χ1n) is 7.83. The van der Waals surface area contributed by atoms with E-state index >= 15 is 0 Å². The van der Waals surface area contributed by atoms with Crippen LogP contribution in [0.1, 0.15) is 33.6 Å². The molecule has 2 aliphatic heterocycles. The summed E-state index contributed by atoms with van der Waals surface area (Å²) in [4.78, 5) is 62.6.